The smallest absolute Gasteiger partial charge is 0.305 e. The van der Waals surface area contributed by atoms with Crippen LogP contribution in [0.15, 0.2) is 12.1 Å². The van der Waals surface area contributed by atoms with Crippen LogP contribution in [0.4, 0.5) is 5.69 Å². The summed E-state index contributed by atoms with van der Waals surface area (Å²) in [5.41, 5.74) is 4.30. The molecule has 0 spiro atoms. The van der Waals surface area contributed by atoms with Crippen LogP contribution >= 0.6 is 0 Å². The number of ketones is 1. The Morgan fingerprint density at radius 2 is 2.00 bits per heavy atom. The van der Waals surface area contributed by atoms with E-state index in [1.807, 2.05) is 12.1 Å². The van der Waals surface area contributed by atoms with Gasteiger partial charge in [0.2, 0.25) is 5.91 Å². The maximum Gasteiger partial charge on any atom is 0.305 e. The summed E-state index contributed by atoms with van der Waals surface area (Å²) in [6, 6.07) is 3.89. The molecule has 1 aliphatic heterocycles. The number of benzene rings is 1. The molecule has 124 valence electrons. The van der Waals surface area contributed by atoms with Crippen LogP contribution in [0.2, 0.25) is 0 Å². The van der Waals surface area contributed by atoms with Gasteiger partial charge in [0.15, 0.2) is 5.78 Å². The highest BCUT2D eigenvalue weighted by Crippen LogP contribution is 2.37. The highest BCUT2D eigenvalue weighted by atomic mass is 16.4. The van der Waals surface area contributed by atoms with Crippen LogP contribution < -0.4 is 4.90 Å². The molecule has 0 saturated heterocycles. The quantitative estimate of drug-likeness (QED) is 0.848. The SMILES string of the molecule is O=C(O)CCN1C(=O)Cc2cc3[nH]c4c(c3cc21)CCCCC4=O. The molecule has 0 atom stereocenters. The number of hydrogen-bond acceptors (Lipinski definition) is 3. The number of rotatable bonds is 3. The van der Waals surface area contributed by atoms with Gasteiger partial charge in [0, 0.05) is 29.6 Å². The third-order valence-electron chi connectivity index (χ3n) is 4.95. The molecule has 2 heterocycles. The van der Waals surface area contributed by atoms with Crippen molar-refractivity contribution in [2.24, 2.45) is 0 Å². The van der Waals surface area contributed by atoms with Crippen molar-refractivity contribution in [1.29, 1.82) is 0 Å². The highest BCUT2D eigenvalue weighted by molar-refractivity contribution is 6.07. The minimum absolute atomic E-state index is 0.0685. The van der Waals surface area contributed by atoms with Crippen LogP contribution in [0.1, 0.15) is 47.3 Å². The number of nitrogens with zero attached hydrogens (tertiary/aromatic N) is 1. The Morgan fingerprint density at radius 1 is 1.21 bits per heavy atom. The normalized spacial score (nSPS) is 17.1. The van der Waals surface area contributed by atoms with Crippen LogP contribution in [-0.4, -0.2) is 34.3 Å². The number of carbonyl (C=O) groups is 3. The average Bonchev–Trinajstić information content (AvgIpc) is 2.97. The lowest BCUT2D eigenvalue weighted by Crippen LogP contribution is -2.29. The van der Waals surface area contributed by atoms with E-state index in [0.717, 1.165) is 47.0 Å². The number of fused-ring (bicyclic) bond motifs is 4. The number of nitrogens with one attached hydrogen (secondary N) is 1. The number of aliphatic carboxylic acids is 1. The topological polar surface area (TPSA) is 90.5 Å². The van der Waals surface area contributed by atoms with Crippen molar-refractivity contribution in [3.63, 3.8) is 0 Å². The Bertz CT molecular complexity index is 881. The molecule has 0 radical (unpaired) electrons. The Morgan fingerprint density at radius 3 is 2.79 bits per heavy atom. The van der Waals surface area contributed by atoms with Gasteiger partial charge in [-0.1, -0.05) is 0 Å². The summed E-state index contributed by atoms with van der Waals surface area (Å²) in [5, 5.41) is 9.87. The molecule has 6 nitrogen and oxygen atoms in total. The third-order valence-corrected chi connectivity index (χ3v) is 4.95. The van der Waals surface area contributed by atoms with Crippen molar-refractivity contribution in [2.75, 3.05) is 11.4 Å². The second kappa shape index (κ2) is 5.47. The number of aromatic amines is 1. The molecule has 2 aliphatic rings. The number of carboxylic acids is 1. The van der Waals surface area contributed by atoms with E-state index >= 15 is 0 Å². The van der Waals surface area contributed by atoms with Gasteiger partial charge in [-0.15, -0.1) is 0 Å². The fraction of sp³-hybridized carbons (Fsp3) is 0.389. The molecule has 0 fully saturated rings. The molecule has 1 aromatic carbocycles. The van der Waals surface area contributed by atoms with Crippen molar-refractivity contribution in [1.82, 2.24) is 4.98 Å². The van der Waals surface area contributed by atoms with E-state index in [4.69, 9.17) is 5.11 Å². The van der Waals surface area contributed by atoms with Gasteiger partial charge in [-0.2, -0.15) is 0 Å². The number of carbonyl (C=O) groups excluding carboxylic acids is 2. The van der Waals surface area contributed by atoms with Crippen LogP contribution in [-0.2, 0) is 22.4 Å². The molecule has 1 aliphatic carbocycles. The number of aryl methyl sites for hydroxylation is 1. The van der Waals surface area contributed by atoms with Gasteiger partial charge in [-0.3, -0.25) is 14.4 Å². The van der Waals surface area contributed by atoms with Crippen molar-refractivity contribution < 1.29 is 19.5 Å². The van der Waals surface area contributed by atoms with Crippen LogP contribution in [0, 0.1) is 0 Å². The van der Waals surface area contributed by atoms with E-state index < -0.39 is 5.97 Å². The largest absolute Gasteiger partial charge is 0.481 e. The zero-order valence-electron chi connectivity index (χ0n) is 13.2. The zero-order valence-corrected chi connectivity index (χ0v) is 13.2. The number of anilines is 1. The Labute approximate surface area is 138 Å². The summed E-state index contributed by atoms with van der Waals surface area (Å²) in [7, 11) is 0. The molecule has 0 saturated carbocycles. The molecule has 2 N–H and O–H groups in total. The van der Waals surface area contributed by atoms with Crippen molar-refractivity contribution >= 4 is 34.3 Å². The van der Waals surface area contributed by atoms with E-state index in [1.54, 1.807) is 4.90 Å². The van der Waals surface area contributed by atoms with Gasteiger partial charge in [-0.05, 0) is 42.5 Å². The van der Waals surface area contributed by atoms with E-state index in [-0.39, 0.29) is 31.1 Å². The van der Waals surface area contributed by atoms with Gasteiger partial charge in [0.25, 0.3) is 0 Å². The van der Waals surface area contributed by atoms with Gasteiger partial charge < -0.3 is 15.0 Å². The summed E-state index contributed by atoms with van der Waals surface area (Å²) in [6.45, 7) is 0.179. The standard InChI is InChI=1S/C18H18N2O4/c21-15-4-2-1-3-11-12-9-14-10(7-13(12)19-18(11)15)8-16(22)20(14)6-5-17(23)24/h7,9,19H,1-6,8H2,(H,23,24). The van der Waals surface area contributed by atoms with Gasteiger partial charge in [0.05, 0.1) is 18.5 Å². The Balaban J connectivity index is 1.81. The monoisotopic (exact) mass is 326 g/mol. The number of H-pyrrole nitrogens is 1. The predicted octanol–water partition coefficient (Wildman–Crippen LogP) is 2.44. The van der Waals surface area contributed by atoms with Gasteiger partial charge in [0.1, 0.15) is 0 Å². The van der Waals surface area contributed by atoms with Crippen LogP contribution in [0.5, 0.6) is 0 Å². The average molecular weight is 326 g/mol. The number of hydrogen-bond donors (Lipinski definition) is 2. The maximum atomic E-state index is 12.3. The van der Waals surface area contributed by atoms with E-state index in [0.29, 0.717) is 12.1 Å². The fourth-order valence-electron chi connectivity index (χ4n) is 3.78. The summed E-state index contributed by atoms with van der Waals surface area (Å²) < 4.78 is 0. The molecule has 0 unspecified atom stereocenters. The lowest BCUT2D eigenvalue weighted by molar-refractivity contribution is -0.136. The maximum absolute atomic E-state index is 12.3. The van der Waals surface area contributed by atoms with E-state index in [2.05, 4.69) is 4.98 Å². The second-order valence-electron chi connectivity index (χ2n) is 6.50. The highest BCUT2D eigenvalue weighted by Gasteiger charge is 2.30. The number of carboxylic acid groups (broad SMARTS) is 1. The Kier molecular flexibility index (Phi) is 3.40. The summed E-state index contributed by atoms with van der Waals surface area (Å²) >= 11 is 0. The second-order valence-corrected chi connectivity index (χ2v) is 6.50. The molecule has 1 amide bonds. The molecule has 24 heavy (non-hydrogen) atoms. The van der Waals surface area contributed by atoms with Gasteiger partial charge in [-0.25, -0.2) is 0 Å². The van der Waals surface area contributed by atoms with Crippen LogP contribution in [0.3, 0.4) is 0 Å². The molecule has 6 heteroatoms. The Hall–Kier alpha value is -2.63. The lowest BCUT2D eigenvalue weighted by atomic mass is 10.0. The first kappa shape index (κ1) is 14.9. The van der Waals surface area contributed by atoms with Crippen LogP contribution in [0.25, 0.3) is 10.9 Å². The first-order valence-corrected chi connectivity index (χ1v) is 8.27. The first-order valence-electron chi connectivity index (χ1n) is 8.27. The fourth-order valence-corrected chi connectivity index (χ4v) is 3.78. The van der Waals surface area contributed by atoms with Gasteiger partial charge >= 0.3 is 5.97 Å². The number of aromatic nitrogens is 1. The summed E-state index contributed by atoms with van der Waals surface area (Å²) in [4.78, 5) is 40.1. The van der Waals surface area contributed by atoms with E-state index in [1.165, 1.54) is 0 Å². The predicted molar refractivity (Wildman–Crippen MR) is 88.5 cm³/mol. The molecule has 0 bridgehead atoms. The third kappa shape index (κ3) is 2.29. The molecule has 2 aromatic rings. The molecule has 4 rings (SSSR count). The lowest BCUT2D eigenvalue weighted by Gasteiger charge is -2.16. The minimum Gasteiger partial charge on any atom is -0.481 e. The van der Waals surface area contributed by atoms with Crippen molar-refractivity contribution in [3.8, 4) is 0 Å². The van der Waals surface area contributed by atoms with Crippen molar-refractivity contribution in [3.05, 3.63) is 29.0 Å². The number of Topliss-reactive ketones (excluding diaryl/α,β-unsaturated/α-hetero) is 1. The molecule has 1 aromatic heterocycles. The number of amides is 1. The summed E-state index contributed by atoms with van der Waals surface area (Å²) in [6.07, 6.45) is 3.50. The minimum atomic E-state index is -0.918. The van der Waals surface area contributed by atoms with Crippen molar-refractivity contribution in [2.45, 2.75) is 38.5 Å². The van der Waals surface area contributed by atoms with E-state index in [9.17, 15) is 14.4 Å². The first-order chi connectivity index (χ1) is 11.5. The molecular weight excluding hydrogens is 308 g/mol. The molecular formula is C18H18N2O4. The summed E-state index contributed by atoms with van der Waals surface area (Å²) in [5.74, 6) is -0.836. The zero-order chi connectivity index (χ0) is 16.8.